The Bertz CT molecular complexity index is 1210. The van der Waals surface area contributed by atoms with Crippen LogP contribution >= 0.6 is 0 Å². The molecule has 0 saturated heterocycles. The summed E-state index contributed by atoms with van der Waals surface area (Å²) < 4.78 is 17.0. The molecular weight excluding hydrogens is 925 g/mol. The predicted molar refractivity (Wildman–Crippen MR) is 326 cm³/mol. The first kappa shape index (κ1) is 72.9. The van der Waals surface area contributed by atoms with Crippen molar-refractivity contribution in [2.24, 2.45) is 0 Å². The Morgan fingerprint density at radius 2 is 0.480 bits per heavy atom. The fraction of sp³-hybridized carbons (Fsp3) is 0.899. The maximum Gasteiger partial charge on any atom is 0.306 e. The lowest BCUT2D eigenvalue weighted by Crippen LogP contribution is -2.30. The Morgan fingerprint density at radius 3 is 0.747 bits per heavy atom. The maximum atomic E-state index is 12.9. The van der Waals surface area contributed by atoms with Gasteiger partial charge in [-0.2, -0.15) is 0 Å². The number of esters is 3. The van der Waals surface area contributed by atoms with Crippen molar-refractivity contribution >= 4 is 17.9 Å². The molecule has 6 heteroatoms. The van der Waals surface area contributed by atoms with E-state index in [4.69, 9.17) is 14.2 Å². The zero-order chi connectivity index (χ0) is 54.3. The SMILES string of the molecule is CCCCCC/C=C\C/C=C\CCCCCCCCCC(=O)OCC(COC(=O)CCCCCCCCCCCCCCCCCCCCCC)OC(=O)CCCCCCCCCCCCCCCCCCCCC. The lowest BCUT2D eigenvalue weighted by molar-refractivity contribution is -0.167. The first-order chi connectivity index (χ1) is 37.0. The van der Waals surface area contributed by atoms with Crippen molar-refractivity contribution < 1.29 is 28.6 Å². The smallest absolute Gasteiger partial charge is 0.306 e. The van der Waals surface area contributed by atoms with Gasteiger partial charge in [0.2, 0.25) is 0 Å². The van der Waals surface area contributed by atoms with Gasteiger partial charge in [0.15, 0.2) is 6.10 Å². The summed E-state index contributed by atoms with van der Waals surface area (Å²) in [6, 6.07) is 0. The Balaban J connectivity index is 4.31. The molecule has 0 heterocycles. The normalized spacial score (nSPS) is 12.1. The highest BCUT2D eigenvalue weighted by Gasteiger charge is 2.19. The van der Waals surface area contributed by atoms with Crippen LogP contribution in [-0.2, 0) is 28.6 Å². The van der Waals surface area contributed by atoms with Crippen LogP contribution in [-0.4, -0.2) is 37.2 Å². The second-order valence-corrected chi connectivity index (χ2v) is 23.1. The highest BCUT2D eigenvalue weighted by molar-refractivity contribution is 5.71. The minimum atomic E-state index is -0.771. The van der Waals surface area contributed by atoms with Crippen molar-refractivity contribution in [1.82, 2.24) is 0 Å². The average Bonchev–Trinajstić information content (AvgIpc) is 3.41. The molecule has 6 nitrogen and oxygen atoms in total. The van der Waals surface area contributed by atoms with Crippen LogP contribution in [0.4, 0.5) is 0 Å². The molecule has 0 saturated carbocycles. The van der Waals surface area contributed by atoms with Crippen molar-refractivity contribution in [3.63, 3.8) is 0 Å². The third-order valence-corrected chi connectivity index (χ3v) is 15.5. The van der Waals surface area contributed by atoms with E-state index in [1.165, 1.54) is 270 Å². The van der Waals surface area contributed by atoms with Gasteiger partial charge in [0.05, 0.1) is 0 Å². The van der Waals surface area contributed by atoms with E-state index in [9.17, 15) is 14.4 Å². The highest BCUT2D eigenvalue weighted by Crippen LogP contribution is 2.18. The summed E-state index contributed by atoms with van der Waals surface area (Å²) in [4.78, 5) is 38.4. The number of carbonyl (C=O) groups excluding carboxylic acids is 3. The summed E-state index contributed by atoms with van der Waals surface area (Å²) in [5.41, 5.74) is 0. The largest absolute Gasteiger partial charge is 0.462 e. The van der Waals surface area contributed by atoms with Gasteiger partial charge >= 0.3 is 17.9 Å². The molecule has 442 valence electrons. The summed E-state index contributed by atoms with van der Waals surface area (Å²) in [6.07, 6.45) is 77.6. The van der Waals surface area contributed by atoms with Crippen LogP contribution in [0.5, 0.6) is 0 Å². The van der Waals surface area contributed by atoms with E-state index in [0.29, 0.717) is 19.3 Å². The zero-order valence-corrected chi connectivity index (χ0v) is 50.8. The fourth-order valence-electron chi connectivity index (χ4n) is 10.4. The third-order valence-electron chi connectivity index (χ3n) is 15.5. The number of ether oxygens (including phenoxy) is 3. The molecule has 0 rings (SSSR count). The van der Waals surface area contributed by atoms with Crippen LogP contribution in [0.15, 0.2) is 24.3 Å². The number of rotatable bonds is 63. The van der Waals surface area contributed by atoms with Crippen molar-refractivity contribution in [3.05, 3.63) is 24.3 Å². The second-order valence-electron chi connectivity index (χ2n) is 23.1. The van der Waals surface area contributed by atoms with Gasteiger partial charge in [0.25, 0.3) is 0 Å². The zero-order valence-electron chi connectivity index (χ0n) is 50.8. The average molecular weight is 1060 g/mol. The van der Waals surface area contributed by atoms with Crippen LogP contribution < -0.4 is 0 Å². The first-order valence-corrected chi connectivity index (χ1v) is 33.8. The molecule has 0 aliphatic rings. The monoisotopic (exact) mass is 1050 g/mol. The molecule has 0 radical (unpaired) electrons. The van der Waals surface area contributed by atoms with E-state index in [2.05, 4.69) is 45.1 Å². The van der Waals surface area contributed by atoms with Crippen LogP contribution in [0.1, 0.15) is 380 Å². The number of carbonyl (C=O) groups is 3. The van der Waals surface area contributed by atoms with Crippen LogP contribution in [0.25, 0.3) is 0 Å². The van der Waals surface area contributed by atoms with E-state index in [0.717, 1.165) is 70.6 Å². The molecule has 0 aliphatic carbocycles. The molecule has 0 aliphatic heterocycles. The summed E-state index contributed by atoms with van der Waals surface area (Å²) in [7, 11) is 0. The van der Waals surface area contributed by atoms with E-state index in [1.54, 1.807) is 0 Å². The third kappa shape index (κ3) is 62.6. The standard InChI is InChI=1S/C69H130O6/c1-4-7-10-13-16-19-22-25-28-31-34-36-38-41-44-47-50-53-56-59-62-68(71)74-65-66(64-73-67(70)61-58-55-52-49-46-43-40-37-33-30-27-24-21-18-15-12-9-6-3)75-69(72)63-60-57-54-51-48-45-42-39-35-32-29-26-23-20-17-14-11-8-5-2/h21,24,30,33,66H,4-20,22-23,25-29,31-32,34-65H2,1-3H3/b24-21-,33-30-. The van der Waals surface area contributed by atoms with Gasteiger partial charge in [-0.15, -0.1) is 0 Å². The van der Waals surface area contributed by atoms with E-state index < -0.39 is 6.10 Å². The first-order valence-electron chi connectivity index (χ1n) is 33.8. The molecule has 75 heavy (non-hydrogen) atoms. The maximum absolute atomic E-state index is 12.9. The van der Waals surface area contributed by atoms with Gasteiger partial charge < -0.3 is 14.2 Å². The topological polar surface area (TPSA) is 78.9 Å². The van der Waals surface area contributed by atoms with Crippen molar-refractivity contribution in [3.8, 4) is 0 Å². The Kier molecular flexibility index (Phi) is 62.6. The van der Waals surface area contributed by atoms with Crippen molar-refractivity contribution in [2.75, 3.05) is 13.2 Å². The molecule has 0 aromatic rings. The fourth-order valence-corrected chi connectivity index (χ4v) is 10.4. The van der Waals surface area contributed by atoms with Gasteiger partial charge in [-0.3, -0.25) is 14.4 Å². The lowest BCUT2D eigenvalue weighted by atomic mass is 10.0. The van der Waals surface area contributed by atoms with Crippen molar-refractivity contribution in [1.29, 1.82) is 0 Å². The van der Waals surface area contributed by atoms with E-state index in [-0.39, 0.29) is 31.1 Å². The van der Waals surface area contributed by atoms with Crippen LogP contribution in [0.2, 0.25) is 0 Å². The minimum absolute atomic E-state index is 0.0672. The number of unbranched alkanes of at least 4 members (excludes halogenated alkanes) is 48. The Hall–Kier alpha value is -2.11. The number of hydrogen-bond acceptors (Lipinski definition) is 6. The summed E-state index contributed by atoms with van der Waals surface area (Å²) >= 11 is 0. The minimum Gasteiger partial charge on any atom is -0.462 e. The van der Waals surface area contributed by atoms with E-state index >= 15 is 0 Å². The van der Waals surface area contributed by atoms with Crippen LogP contribution in [0.3, 0.4) is 0 Å². The molecule has 0 N–H and O–H groups in total. The van der Waals surface area contributed by atoms with E-state index in [1.807, 2.05) is 0 Å². The van der Waals surface area contributed by atoms with Crippen LogP contribution in [0, 0.1) is 0 Å². The quantitative estimate of drug-likeness (QED) is 0.0261. The molecule has 0 aromatic carbocycles. The Labute approximate surface area is 468 Å². The number of hydrogen-bond donors (Lipinski definition) is 0. The van der Waals surface area contributed by atoms with Gasteiger partial charge in [-0.1, -0.05) is 334 Å². The molecule has 1 atom stereocenters. The molecule has 0 fully saturated rings. The molecular formula is C69H130O6. The summed E-state index contributed by atoms with van der Waals surface area (Å²) in [5.74, 6) is -0.843. The predicted octanol–water partition coefficient (Wildman–Crippen LogP) is 23.0. The van der Waals surface area contributed by atoms with Gasteiger partial charge in [0, 0.05) is 19.3 Å². The summed E-state index contributed by atoms with van der Waals surface area (Å²) in [5, 5.41) is 0. The van der Waals surface area contributed by atoms with Gasteiger partial charge in [-0.25, -0.2) is 0 Å². The van der Waals surface area contributed by atoms with Gasteiger partial charge in [-0.05, 0) is 51.4 Å². The Morgan fingerprint density at radius 1 is 0.267 bits per heavy atom. The highest BCUT2D eigenvalue weighted by atomic mass is 16.6. The molecule has 0 amide bonds. The summed E-state index contributed by atoms with van der Waals surface area (Å²) in [6.45, 7) is 6.70. The molecule has 0 aromatic heterocycles. The van der Waals surface area contributed by atoms with Crippen molar-refractivity contribution in [2.45, 2.75) is 386 Å². The second kappa shape index (κ2) is 64.4. The molecule has 0 spiro atoms. The number of allylic oxidation sites excluding steroid dienone is 4. The molecule has 1 unspecified atom stereocenters. The molecule has 0 bridgehead atoms. The van der Waals surface area contributed by atoms with Gasteiger partial charge in [0.1, 0.15) is 13.2 Å². The lowest BCUT2D eigenvalue weighted by Gasteiger charge is -2.18.